The van der Waals surface area contributed by atoms with E-state index in [9.17, 15) is 9.18 Å². The maximum Gasteiger partial charge on any atom is 0.232 e. The molecule has 0 aliphatic carbocycles. The minimum Gasteiger partial charge on any atom is -0.489 e. The van der Waals surface area contributed by atoms with Crippen molar-refractivity contribution in [2.24, 2.45) is 0 Å². The topological polar surface area (TPSA) is 68.5 Å². The third-order valence-corrected chi connectivity index (χ3v) is 5.78. The van der Waals surface area contributed by atoms with E-state index in [1.165, 1.54) is 18.2 Å². The first-order chi connectivity index (χ1) is 16.1. The van der Waals surface area contributed by atoms with Crippen molar-refractivity contribution in [3.63, 3.8) is 0 Å². The Labute approximate surface area is 194 Å². The molecule has 0 saturated carbocycles. The molecule has 5 rings (SSSR count). The van der Waals surface area contributed by atoms with Crippen molar-refractivity contribution in [2.75, 3.05) is 11.4 Å². The molecule has 33 heavy (non-hydrogen) atoms. The number of carbonyl (C=O) groups excluding carboxylic acids is 1. The second kappa shape index (κ2) is 9.03. The highest BCUT2D eigenvalue weighted by Gasteiger charge is 2.35. The molecule has 0 N–H and O–H groups in total. The number of carbonyl (C=O) groups is 1. The van der Waals surface area contributed by atoms with E-state index in [1.54, 1.807) is 4.90 Å². The molecule has 166 valence electrons. The molecule has 4 aromatic rings. The predicted molar refractivity (Wildman–Crippen MR) is 122 cm³/mol. The fraction of sp³-hybridized carbons (Fsp3) is 0.160. The largest absolute Gasteiger partial charge is 0.489 e. The number of amides is 1. The molecule has 3 aromatic carbocycles. The zero-order chi connectivity index (χ0) is 22.8. The van der Waals surface area contributed by atoms with Crippen LogP contribution in [0.3, 0.4) is 0 Å². The molecule has 6 nitrogen and oxygen atoms in total. The molecule has 1 aliphatic heterocycles. The van der Waals surface area contributed by atoms with Gasteiger partial charge in [0.15, 0.2) is 0 Å². The van der Waals surface area contributed by atoms with E-state index in [-0.39, 0.29) is 23.3 Å². The summed E-state index contributed by atoms with van der Waals surface area (Å²) in [5, 5.41) is 4.05. The molecule has 0 radical (unpaired) electrons. The monoisotopic (exact) mass is 463 g/mol. The number of aromatic nitrogens is 2. The van der Waals surface area contributed by atoms with Crippen LogP contribution in [0.15, 0.2) is 77.3 Å². The summed E-state index contributed by atoms with van der Waals surface area (Å²) in [6.07, 6.45) is 0.225. The zero-order valence-electron chi connectivity index (χ0n) is 17.4. The van der Waals surface area contributed by atoms with Crippen molar-refractivity contribution in [1.29, 1.82) is 0 Å². The molecular weight excluding hydrogens is 445 g/mol. The van der Waals surface area contributed by atoms with E-state index < -0.39 is 5.82 Å². The SMILES string of the molecule is O=C1CC(c2nc(-c3ccc(OCc4ccccc4)cc3)no2)CN1c1ccc(F)c(Cl)c1. The van der Waals surface area contributed by atoms with E-state index in [0.717, 1.165) is 16.9 Å². The van der Waals surface area contributed by atoms with Gasteiger partial charge in [-0.2, -0.15) is 4.98 Å². The number of ether oxygens (including phenoxy) is 1. The fourth-order valence-electron chi connectivity index (χ4n) is 3.73. The summed E-state index contributed by atoms with van der Waals surface area (Å²) in [6.45, 7) is 0.840. The number of hydrogen-bond donors (Lipinski definition) is 0. The fourth-order valence-corrected chi connectivity index (χ4v) is 3.91. The summed E-state index contributed by atoms with van der Waals surface area (Å²) in [4.78, 5) is 18.6. The number of benzene rings is 3. The molecule has 1 saturated heterocycles. The van der Waals surface area contributed by atoms with Gasteiger partial charge >= 0.3 is 0 Å². The van der Waals surface area contributed by atoms with Crippen molar-refractivity contribution < 1.29 is 18.4 Å². The second-order valence-electron chi connectivity index (χ2n) is 7.76. The summed E-state index contributed by atoms with van der Waals surface area (Å²) in [5.74, 6) is 0.676. The Morgan fingerprint density at radius 2 is 1.88 bits per heavy atom. The molecule has 0 bridgehead atoms. The summed E-state index contributed by atoms with van der Waals surface area (Å²) < 4.78 is 24.7. The first-order valence-electron chi connectivity index (χ1n) is 10.4. The van der Waals surface area contributed by atoms with Crippen LogP contribution in [0.2, 0.25) is 5.02 Å². The zero-order valence-corrected chi connectivity index (χ0v) is 18.2. The Morgan fingerprint density at radius 3 is 2.64 bits per heavy atom. The van der Waals surface area contributed by atoms with Gasteiger partial charge in [0.1, 0.15) is 18.2 Å². The number of halogens is 2. The summed E-state index contributed by atoms with van der Waals surface area (Å²) >= 11 is 5.86. The smallest absolute Gasteiger partial charge is 0.232 e. The van der Waals surface area contributed by atoms with Crippen LogP contribution in [0.1, 0.15) is 23.8 Å². The third-order valence-electron chi connectivity index (χ3n) is 5.49. The van der Waals surface area contributed by atoms with Gasteiger partial charge in [0.05, 0.1) is 10.9 Å². The maximum absolute atomic E-state index is 13.5. The number of nitrogens with zero attached hydrogens (tertiary/aromatic N) is 3. The van der Waals surface area contributed by atoms with E-state index in [4.69, 9.17) is 20.9 Å². The Kier molecular flexibility index (Phi) is 5.79. The van der Waals surface area contributed by atoms with Gasteiger partial charge in [0.2, 0.25) is 17.6 Å². The van der Waals surface area contributed by atoms with E-state index in [2.05, 4.69) is 10.1 Å². The maximum atomic E-state index is 13.5. The third kappa shape index (κ3) is 4.59. The van der Waals surface area contributed by atoms with Crippen molar-refractivity contribution in [2.45, 2.75) is 18.9 Å². The highest BCUT2D eigenvalue weighted by atomic mass is 35.5. The van der Waals surface area contributed by atoms with E-state index in [1.807, 2.05) is 54.6 Å². The molecule has 1 aromatic heterocycles. The lowest BCUT2D eigenvalue weighted by molar-refractivity contribution is -0.117. The number of rotatable bonds is 6. The minimum atomic E-state index is -0.526. The lowest BCUT2D eigenvalue weighted by Gasteiger charge is -2.16. The van der Waals surface area contributed by atoms with Crippen molar-refractivity contribution >= 4 is 23.2 Å². The Bertz CT molecular complexity index is 1280. The van der Waals surface area contributed by atoms with Crippen molar-refractivity contribution in [3.05, 3.63) is 95.1 Å². The highest BCUT2D eigenvalue weighted by molar-refractivity contribution is 6.31. The summed E-state index contributed by atoms with van der Waals surface area (Å²) in [5.41, 5.74) is 2.41. The Hall–Kier alpha value is -3.71. The lowest BCUT2D eigenvalue weighted by atomic mass is 10.1. The average molecular weight is 464 g/mol. The predicted octanol–water partition coefficient (Wildman–Crippen LogP) is 5.63. The van der Waals surface area contributed by atoms with Crippen molar-refractivity contribution in [1.82, 2.24) is 10.1 Å². The average Bonchev–Trinajstić information content (AvgIpc) is 3.48. The van der Waals surface area contributed by atoms with Gasteiger partial charge in [0, 0.05) is 24.2 Å². The molecule has 1 amide bonds. The molecule has 1 atom stereocenters. The summed E-state index contributed by atoms with van der Waals surface area (Å²) in [6, 6.07) is 21.6. The molecule has 2 heterocycles. The molecular formula is C25H19ClFN3O3. The number of anilines is 1. The molecule has 1 aliphatic rings. The van der Waals surface area contributed by atoms with Gasteiger partial charge in [-0.3, -0.25) is 4.79 Å². The molecule has 0 spiro atoms. The van der Waals surface area contributed by atoms with E-state index >= 15 is 0 Å². The van der Waals surface area contributed by atoms with Gasteiger partial charge in [-0.25, -0.2) is 4.39 Å². The van der Waals surface area contributed by atoms with Gasteiger partial charge in [-0.15, -0.1) is 0 Å². The van der Waals surface area contributed by atoms with Crippen LogP contribution < -0.4 is 9.64 Å². The molecule has 8 heteroatoms. The van der Waals surface area contributed by atoms with Crippen LogP contribution in [0.25, 0.3) is 11.4 Å². The van der Waals surface area contributed by atoms with Gasteiger partial charge in [0.25, 0.3) is 0 Å². The first-order valence-corrected chi connectivity index (χ1v) is 10.8. The Balaban J connectivity index is 1.25. The minimum absolute atomic E-state index is 0.0278. The van der Waals surface area contributed by atoms with Crippen molar-refractivity contribution in [3.8, 4) is 17.1 Å². The quantitative estimate of drug-likeness (QED) is 0.371. The van der Waals surface area contributed by atoms with Gasteiger partial charge in [-0.05, 0) is 48.0 Å². The van der Waals surface area contributed by atoms with Crippen LogP contribution in [0.5, 0.6) is 5.75 Å². The van der Waals surface area contributed by atoms with Crippen LogP contribution >= 0.6 is 11.6 Å². The highest BCUT2D eigenvalue weighted by Crippen LogP contribution is 2.33. The lowest BCUT2D eigenvalue weighted by Crippen LogP contribution is -2.24. The van der Waals surface area contributed by atoms with E-state index in [0.29, 0.717) is 30.6 Å². The molecule has 1 unspecified atom stereocenters. The van der Waals surface area contributed by atoms with Gasteiger partial charge in [-0.1, -0.05) is 47.1 Å². The van der Waals surface area contributed by atoms with Crippen LogP contribution in [0.4, 0.5) is 10.1 Å². The second-order valence-corrected chi connectivity index (χ2v) is 8.17. The number of hydrogen-bond acceptors (Lipinski definition) is 5. The normalized spacial score (nSPS) is 15.8. The Morgan fingerprint density at radius 1 is 1.09 bits per heavy atom. The van der Waals surface area contributed by atoms with Gasteiger partial charge < -0.3 is 14.2 Å². The van der Waals surface area contributed by atoms with Crippen LogP contribution in [-0.2, 0) is 11.4 Å². The summed E-state index contributed by atoms with van der Waals surface area (Å²) in [7, 11) is 0. The first kappa shape index (κ1) is 21.2. The standard InChI is InChI=1S/C25H19ClFN3O3/c26-21-13-19(8-11-22(21)27)30-14-18(12-23(30)31)25-28-24(29-33-25)17-6-9-20(10-7-17)32-15-16-4-2-1-3-5-16/h1-11,13,18H,12,14-15H2. The van der Waals surface area contributed by atoms with Crippen LogP contribution in [0, 0.1) is 5.82 Å². The molecule has 1 fully saturated rings. The van der Waals surface area contributed by atoms with Crippen LogP contribution in [-0.4, -0.2) is 22.6 Å².